The van der Waals surface area contributed by atoms with Gasteiger partial charge in [-0.3, -0.25) is 4.98 Å². The molecule has 0 aliphatic carbocycles. The van der Waals surface area contributed by atoms with E-state index >= 15 is 0 Å². The third-order valence-corrected chi connectivity index (χ3v) is 1.64. The fourth-order valence-electron chi connectivity index (χ4n) is 0.882. The second-order valence-electron chi connectivity index (χ2n) is 3.60. The molecule has 1 rings (SSSR count). The second-order valence-corrected chi connectivity index (χ2v) is 3.60. The molecule has 0 saturated carbocycles. The summed E-state index contributed by atoms with van der Waals surface area (Å²) in [6.45, 7) is 3.73. The van der Waals surface area contributed by atoms with Gasteiger partial charge in [0.25, 0.3) is 0 Å². The van der Waals surface area contributed by atoms with Crippen molar-refractivity contribution in [2.45, 2.75) is 19.4 Å². The molecular formula is C8H15N5O. The molecule has 0 aromatic carbocycles. The van der Waals surface area contributed by atoms with Crippen molar-refractivity contribution in [1.29, 1.82) is 0 Å². The Morgan fingerprint density at radius 1 is 1.43 bits per heavy atom. The Bertz CT molecular complexity index is 302. The van der Waals surface area contributed by atoms with Gasteiger partial charge in [0.05, 0.1) is 24.5 Å². The topological polar surface area (TPSA) is 96.1 Å². The molecule has 0 spiro atoms. The van der Waals surface area contributed by atoms with Crippen LogP contribution in [-0.2, 0) is 0 Å². The lowest BCUT2D eigenvalue weighted by Crippen LogP contribution is -2.35. The highest BCUT2D eigenvalue weighted by atomic mass is 16.3. The lowest BCUT2D eigenvalue weighted by atomic mass is 10.1. The summed E-state index contributed by atoms with van der Waals surface area (Å²) < 4.78 is 0. The highest BCUT2D eigenvalue weighted by molar-refractivity contribution is 5.42. The first-order chi connectivity index (χ1) is 6.57. The van der Waals surface area contributed by atoms with Crippen LogP contribution in [0.1, 0.15) is 13.8 Å². The van der Waals surface area contributed by atoms with E-state index in [4.69, 9.17) is 10.9 Å². The molecule has 6 heteroatoms. The predicted octanol–water partition coefficient (Wildman–Crippen LogP) is -0.0550. The highest BCUT2D eigenvalue weighted by Crippen LogP contribution is 2.12. The third-order valence-electron chi connectivity index (χ3n) is 1.64. The van der Waals surface area contributed by atoms with E-state index in [0.29, 0.717) is 11.6 Å². The molecule has 0 fully saturated rings. The van der Waals surface area contributed by atoms with Crippen molar-refractivity contribution in [3.05, 3.63) is 12.4 Å². The summed E-state index contributed by atoms with van der Waals surface area (Å²) in [5, 5.41) is 12.1. The van der Waals surface area contributed by atoms with Crippen molar-refractivity contribution in [1.82, 2.24) is 9.97 Å². The van der Waals surface area contributed by atoms with Gasteiger partial charge in [0, 0.05) is 0 Å². The molecule has 0 radical (unpaired) electrons. The summed E-state index contributed by atoms with van der Waals surface area (Å²) in [6.07, 6.45) is 3.08. The normalized spacial score (nSPS) is 11.1. The van der Waals surface area contributed by atoms with Crippen LogP contribution >= 0.6 is 0 Å². The summed E-state index contributed by atoms with van der Waals surface area (Å²) in [4.78, 5) is 8.03. The Kier molecular flexibility index (Phi) is 3.21. The van der Waals surface area contributed by atoms with Crippen molar-refractivity contribution in [2.75, 3.05) is 17.3 Å². The maximum absolute atomic E-state index is 9.03. The molecule has 0 unspecified atom stereocenters. The SMILES string of the molecule is CC(C)(CO)Nc1cncc(NN)n1. The minimum atomic E-state index is -0.429. The molecule has 0 bridgehead atoms. The molecule has 0 aliphatic heterocycles. The maximum atomic E-state index is 9.03. The minimum absolute atomic E-state index is 0.00889. The Balaban J connectivity index is 2.76. The molecule has 6 nitrogen and oxygen atoms in total. The van der Waals surface area contributed by atoms with Crippen LogP contribution in [0.5, 0.6) is 0 Å². The Labute approximate surface area is 82.5 Å². The summed E-state index contributed by atoms with van der Waals surface area (Å²) in [7, 11) is 0. The summed E-state index contributed by atoms with van der Waals surface area (Å²) in [5.74, 6) is 6.23. The predicted molar refractivity (Wildman–Crippen MR) is 54.6 cm³/mol. The molecule has 1 aromatic heterocycles. The lowest BCUT2D eigenvalue weighted by Gasteiger charge is -2.23. The first-order valence-electron chi connectivity index (χ1n) is 4.25. The van der Waals surface area contributed by atoms with E-state index in [0.717, 1.165) is 0 Å². The molecule has 0 saturated heterocycles. The Morgan fingerprint density at radius 3 is 2.64 bits per heavy atom. The smallest absolute Gasteiger partial charge is 0.160 e. The largest absolute Gasteiger partial charge is 0.394 e. The number of nitrogens with two attached hydrogens (primary N) is 1. The number of nitrogens with one attached hydrogen (secondary N) is 2. The van der Waals surface area contributed by atoms with Gasteiger partial charge in [-0.05, 0) is 13.8 Å². The number of aliphatic hydroxyl groups excluding tert-OH is 1. The van der Waals surface area contributed by atoms with Gasteiger partial charge in [0.15, 0.2) is 5.82 Å². The van der Waals surface area contributed by atoms with Crippen LogP contribution in [0.4, 0.5) is 11.6 Å². The van der Waals surface area contributed by atoms with E-state index in [-0.39, 0.29) is 6.61 Å². The fourth-order valence-corrected chi connectivity index (χ4v) is 0.882. The van der Waals surface area contributed by atoms with Crippen LogP contribution in [0, 0.1) is 0 Å². The van der Waals surface area contributed by atoms with E-state index in [1.807, 2.05) is 13.8 Å². The molecule has 1 heterocycles. The number of hydrazine groups is 1. The van der Waals surface area contributed by atoms with Crippen molar-refractivity contribution >= 4 is 11.6 Å². The first-order valence-corrected chi connectivity index (χ1v) is 4.25. The Hall–Kier alpha value is -1.40. The van der Waals surface area contributed by atoms with Crippen molar-refractivity contribution < 1.29 is 5.11 Å². The van der Waals surface area contributed by atoms with Crippen LogP contribution in [0.15, 0.2) is 12.4 Å². The van der Waals surface area contributed by atoms with Gasteiger partial charge in [0.1, 0.15) is 5.82 Å². The zero-order chi connectivity index (χ0) is 10.6. The number of hydrogen-bond acceptors (Lipinski definition) is 6. The van der Waals surface area contributed by atoms with Gasteiger partial charge in [-0.25, -0.2) is 10.8 Å². The summed E-state index contributed by atoms with van der Waals surface area (Å²) in [6, 6.07) is 0. The van der Waals surface area contributed by atoms with E-state index in [1.165, 1.54) is 6.20 Å². The highest BCUT2D eigenvalue weighted by Gasteiger charge is 2.16. The van der Waals surface area contributed by atoms with Crippen molar-refractivity contribution in [3.8, 4) is 0 Å². The number of nitrogen functional groups attached to an aromatic ring is 1. The maximum Gasteiger partial charge on any atom is 0.160 e. The standard InChI is InChI=1S/C8H15N5O/c1-8(2,5-14)12-6-3-10-4-7(11-6)13-9/h3-4,14H,5,9H2,1-2H3,(H2,11,12,13). The number of nitrogens with zero attached hydrogens (tertiary/aromatic N) is 2. The van der Waals surface area contributed by atoms with Gasteiger partial charge in [0.2, 0.25) is 0 Å². The number of rotatable bonds is 4. The van der Waals surface area contributed by atoms with Gasteiger partial charge < -0.3 is 15.8 Å². The second kappa shape index (κ2) is 4.21. The van der Waals surface area contributed by atoms with Gasteiger partial charge in [-0.15, -0.1) is 0 Å². The molecule has 0 amide bonds. The molecule has 14 heavy (non-hydrogen) atoms. The molecule has 0 aliphatic rings. The van der Waals surface area contributed by atoms with Gasteiger partial charge in [-0.2, -0.15) is 0 Å². The van der Waals surface area contributed by atoms with Crippen LogP contribution < -0.4 is 16.6 Å². The van der Waals surface area contributed by atoms with Crippen molar-refractivity contribution in [2.24, 2.45) is 5.84 Å². The van der Waals surface area contributed by atoms with Crippen LogP contribution in [0.2, 0.25) is 0 Å². The van der Waals surface area contributed by atoms with E-state index in [1.54, 1.807) is 6.20 Å². The first kappa shape index (κ1) is 10.7. The van der Waals surface area contributed by atoms with Gasteiger partial charge >= 0.3 is 0 Å². The summed E-state index contributed by atoms with van der Waals surface area (Å²) in [5.41, 5.74) is 1.97. The third kappa shape index (κ3) is 2.82. The number of anilines is 2. The van der Waals surface area contributed by atoms with Crippen LogP contribution in [-0.4, -0.2) is 27.2 Å². The fraction of sp³-hybridized carbons (Fsp3) is 0.500. The zero-order valence-electron chi connectivity index (χ0n) is 8.28. The molecular weight excluding hydrogens is 182 g/mol. The lowest BCUT2D eigenvalue weighted by molar-refractivity contribution is 0.234. The molecule has 0 atom stereocenters. The van der Waals surface area contributed by atoms with Crippen LogP contribution in [0.25, 0.3) is 0 Å². The summed E-state index contributed by atoms with van der Waals surface area (Å²) >= 11 is 0. The van der Waals surface area contributed by atoms with E-state index in [9.17, 15) is 0 Å². The minimum Gasteiger partial charge on any atom is -0.394 e. The molecule has 78 valence electrons. The Morgan fingerprint density at radius 2 is 2.07 bits per heavy atom. The number of hydrogen-bond donors (Lipinski definition) is 4. The quantitative estimate of drug-likeness (QED) is 0.399. The van der Waals surface area contributed by atoms with E-state index in [2.05, 4.69) is 20.7 Å². The zero-order valence-corrected chi connectivity index (χ0v) is 8.28. The molecule has 5 N–H and O–H groups in total. The van der Waals surface area contributed by atoms with Crippen molar-refractivity contribution in [3.63, 3.8) is 0 Å². The average Bonchev–Trinajstić information content (AvgIpc) is 2.17. The number of aliphatic hydroxyl groups is 1. The van der Waals surface area contributed by atoms with Gasteiger partial charge in [-0.1, -0.05) is 0 Å². The number of aromatic nitrogens is 2. The average molecular weight is 197 g/mol. The van der Waals surface area contributed by atoms with Crippen LogP contribution in [0.3, 0.4) is 0 Å². The van der Waals surface area contributed by atoms with E-state index < -0.39 is 5.54 Å². The molecule has 1 aromatic rings. The monoisotopic (exact) mass is 197 g/mol.